The summed E-state index contributed by atoms with van der Waals surface area (Å²) in [5.41, 5.74) is 1.57. The number of rotatable bonds is 4. The van der Waals surface area contributed by atoms with Crippen LogP contribution in [0.3, 0.4) is 0 Å². The van der Waals surface area contributed by atoms with Crippen LogP contribution in [0.1, 0.15) is 23.9 Å². The highest BCUT2D eigenvalue weighted by Gasteiger charge is 2.14. The molecular weight excluding hydrogens is 380 g/mol. The molecule has 8 heteroatoms. The minimum absolute atomic E-state index is 0.0241. The van der Waals surface area contributed by atoms with E-state index >= 15 is 0 Å². The zero-order chi connectivity index (χ0) is 14.0. The van der Waals surface area contributed by atoms with Crippen molar-refractivity contribution in [2.75, 3.05) is 0 Å². The molecule has 1 aromatic heterocycles. The van der Waals surface area contributed by atoms with Crippen LogP contribution in [-0.4, -0.2) is 19.9 Å². The summed E-state index contributed by atoms with van der Waals surface area (Å²) in [6, 6.07) is 4.72. The Morgan fingerprint density at radius 3 is 2.84 bits per heavy atom. The minimum atomic E-state index is -0.438. The van der Waals surface area contributed by atoms with Crippen molar-refractivity contribution in [3.05, 3.63) is 44.7 Å². The van der Waals surface area contributed by atoms with Crippen molar-refractivity contribution >= 4 is 37.5 Å². The average Bonchev–Trinajstić information content (AvgIpc) is 2.86. The summed E-state index contributed by atoms with van der Waals surface area (Å²) in [5, 5.41) is 18.8. The Kier molecular flexibility index (Phi) is 4.31. The lowest BCUT2D eigenvalue weighted by atomic mass is 10.2. The normalized spacial score (nSPS) is 12.4. The van der Waals surface area contributed by atoms with E-state index in [-0.39, 0.29) is 10.5 Å². The standard InChI is InChI=1S/C11H10Br2N4O2/c1-2-8(12)10-6-16(15-14-10)7-3-4-11(17(18)19)9(13)5-7/h3-6,8H,2H2,1H3. The summed E-state index contributed by atoms with van der Waals surface area (Å²) in [4.78, 5) is 10.5. The smallest absolute Gasteiger partial charge is 0.258 e. The lowest BCUT2D eigenvalue weighted by Gasteiger charge is -2.02. The molecule has 19 heavy (non-hydrogen) atoms. The van der Waals surface area contributed by atoms with Crippen molar-refractivity contribution in [1.29, 1.82) is 0 Å². The topological polar surface area (TPSA) is 73.8 Å². The number of benzene rings is 1. The molecule has 0 amide bonds. The number of hydrogen-bond acceptors (Lipinski definition) is 4. The maximum atomic E-state index is 10.7. The van der Waals surface area contributed by atoms with Crippen LogP contribution in [0, 0.1) is 10.1 Å². The van der Waals surface area contributed by atoms with E-state index in [1.54, 1.807) is 23.0 Å². The Bertz CT molecular complexity index is 614. The Morgan fingerprint density at radius 2 is 2.26 bits per heavy atom. The molecule has 0 bridgehead atoms. The summed E-state index contributed by atoms with van der Waals surface area (Å²) in [6.45, 7) is 2.04. The summed E-state index contributed by atoms with van der Waals surface area (Å²) in [7, 11) is 0. The van der Waals surface area contributed by atoms with Gasteiger partial charge in [0.05, 0.1) is 31.8 Å². The predicted octanol–water partition coefficient (Wildman–Crippen LogP) is 3.78. The lowest BCUT2D eigenvalue weighted by Crippen LogP contribution is -1.96. The van der Waals surface area contributed by atoms with Crippen molar-refractivity contribution in [3.63, 3.8) is 0 Å². The summed E-state index contributed by atoms with van der Waals surface area (Å²) in [5.74, 6) is 0. The average molecular weight is 390 g/mol. The maximum Gasteiger partial charge on any atom is 0.283 e. The van der Waals surface area contributed by atoms with Crippen LogP contribution in [-0.2, 0) is 0 Å². The highest BCUT2D eigenvalue weighted by Crippen LogP contribution is 2.28. The third kappa shape index (κ3) is 3.01. The Balaban J connectivity index is 2.35. The fraction of sp³-hybridized carbons (Fsp3) is 0.273. The van der Waals surface area contributed by atoms with Gasteiger partial charge in [0.2, 0.25) is 0 Å². The molecule has 2 rings (SSSR count). The van der Waals surface area contributed by atoms with Gasteiger partial charge in [-0.1, -0.05) is 28.1 Å². The van der Waals surface area contributed by atoms with E-state index in [1.165, 1.54) is 6.07 Å². The van der Waals surface area contributed by atoms with E-state index in [4.69, 9.17) is 0 Å². The molecule has 0 aliphatic carbocycles. The first-order valence-corrected chi connectivity index (χ1v) is 7.24. The van der Waals surface area contributed by atoms with Gasteiger partial charge in [-0.15, -0.1) is 5.10 Å². The highest BCUT2D eigenvalue weighted by molar-refractivity contribution is 9.10. The molecule has 1 heterocycles. The summed E-state index contributed by atoms with van der Waals surface area (Å²) < 4.78 is 2.01. The first-order valence-electron chi connectivity index (χ1n) is 5.53. The zero-order valence-electron chi connectivity index (χ0n) is 9.96. The molecule has 100 valence electrons. The number of nitrogens with zero attached hydrogens (tertiary/aromatic N) is 4. The van der Waals surface area contributed by atoms with Gasteiger partial charge in [0.1, 0.15) is 0 Å². The monoisotopic (exact) mass is 388 g/mol. The first kappa shape index (κ1) is 14.1. The van der Waals surface area contributed by atoms with Crippen LogP contribution >= 0.6 is 31.9 Å². The van der Waals surface area contributed by atoms with E-state index in [9.17, 15) is 10.1 Å². The number of hydrogen-bond donors (Lipinski definition) is 0. The van der Waals surface area contributed by atoms with Gasteiger partial charge in [-0.2, -0.15) is 0 Å². The van der Waals surface area contributed by atoms with Gasteiger partial charge in [0.25, 0.3) is 5.69 Å². The van der Waals surface area contributed by atoms with Crippen LogP contribution in [0.2, 0.25) is 0 Å². The number of nitro benzene ring substituents is 1. The van der Waals surface area contributed by atoms with E-state index in [1.807, 2.05) is 6.92 Å². The van der Waals surface area contributed by atoms with Crippen molar-refractivity contribution in [2.45, 2.75) is 18.2 Å². The zero-order valence-corrected chi connectivity index (χ0v) is 13.1. The maximum absolute atomic E-state index is 10.7. The van der Waals surface area contributed by atoms with Crippen LogP contribution in [0.15, 0.2) is 28.9 Å². The van der Waals surface area contributed by atoms with Gasteiger partial charge in [-0.25, -0.2) is 4.68 Å². The molecule has 1 aromatic carbocycles. The van der Waals surface area contributed by atoms with Gasteiger partial charge >= 0.3 is 0 Å². The van der Waals surface area contributed by atoms with Gasteiger partial charge < -0.3 is 0 Å². The fourth-order valence-electron chi connectivity index (χ4n) is 1.54. The molecule has 0 spiro atoms. The molecule has 1 unspecified atom stereocenters. The number of nitro groups is 1. The fourth-order valence-corrected chi connectivity index (χ4v) is 2.26. The molecule has 0 aliphatic rings. The van der Waals surface area contributed by atoms with Crippen LogP contribution in [0.5, 0.6) is 0 Å². The highest BCUT2D eigenvalue weighted by atomic mass is 79.9. The molecule has 6 nitrogen and oxygen atoms in total. The van der Waals surface area contributed by atoms with Gasteiger partial charge in [0, 0.05) is 6.07 Å². The van der Waals surface area contributed by atoms with E-state index < -0.39 is 4.92 Å². The van der Waals surface area contributed by atoms with Crippen LogP contribution in [0.25, 0.3) is 5.69 Å². The van der Waals surface area contributed by atoms with Gasteiger partial charge in [-0.3, -0.25) is 10.1 Å². The molecule has 1 atom stereocenters. The third-order valence-corrected chi connectivity index (χ3v) is 4.33. The summed E-state index contributed by atoms with van der Waals surface area (Å²) >= 11 is 6.68. The Morgan fingerprint density at radius 1 is 1.53 bits per heavy atom. The van der Waals surface area contributed by atoms with Crippen molar-refractivity contribution in [2.24, 2.45) is 0 Å². The lowest BCUT2D eigenvalue weighted by molar-refractivity contribution is -0.385. The summed E-state index contributed by atoms with van der Waals surface area (Å²) in [6.07, 6.45) is 2.71. The number of aromatic nitrogens is 3. The van der Waals surface area contributed by atoms with Crippen molar-refractivity contribution < 1.29 is 4.92 Å². The van der Waals surface area contributed by atoms with Crippen molar-refractivity contribution in [1.82, 2.24) is 15.0 Å². The Labute approximate surface area is 126 Å². The van der Waals surface area contributed by atoms with Gasteiger partial charge in [-0.05, 0) is 34.5 Å². The minimum Gasteiger partial charge on any atom is -0.258 e. The van der Waals surface area contributed by atoms with E-state index in [2.05, 4.69) is 42.2 Å². The van der Waals surface area contributed by atoms with Crippen LogP contribution < -0.4 is 0 Å². The molecule has 2 aromatic rings. The molecular formula is C11H10Br2N4O2. The number of alkyl halides is 1. The Hall–Kier alpha value is -1.28. The van der Waals surface area contributed by atoms with Gasteiger partial charge in [0.15, 0.2) is 0 Å². The molecule has 0 saturated carbocycles. The van der Waals surface area contributed by atoms with Crippen LogP contribution in [0.4, 0.5) is 5.69 Å². The second-order valence-corrected chi connectivity index (χ2v) is 5.82. The molecule has 0 radical (unpaired) electrons. The molecule has 0 aliphatic heterocycles. The largest absolute Gasteiger partial charge is 0.283 e. The molecule has 0 N–H and O–H groups in total. The predicted molar refractivity (Wildman–Crippen MR) is 77.7 cm³/mol. The molecule has 0 saturated heterocycles. The van der Waals surface area contributed by atoms with E-state index in [0.717, 1.165) is 12.1 Å². The number of halogens is 2. The quantitative estimate of drug-likeness (QED) is 0.453. The SMILES string of the molecule is CCC(Br)c1cn(-c2ccc([N+](=O)[O-])c(Br)c2)nn1. The first-order chi connectivity index (χ1) is 9.02. The third-order valence-electron chi connectivity index (χ3n) is 2.58. The van der Waals surface area contributed by atoms with E-state index in [0.29, 0.717) is 10.2 Å². The van der Waals surface area contributed by atoms with Crippen molar-refractivity contribution in [3.8, 4) is 5.69 Å². The second-order valence-electron chi connectivity index (χ2n) is 3.86. The molecule has 0 fully saturated rings. The second kappa shape index (κ2) is 5.79.